The van der Waals surface area contributed by atoms with Crippen LogP contribution in [-0.2, 0) is 10.0 Å². The van der Waals surface area contributed by atoms with Gasteiger partial charge < -0.3 is 0 Å². The molecule has 0 amide bonds. The van der Waals surface area contributed by atoms with Crippen LogP contribution < -0.4 is 4.72 Å². The van der Waals surface area contributed by atoms with Crippen molar-refractivity contribution >= 4 is 26.0 Å². The van der Waals surface area contributed by atoms with E-state index < -0.39 is 14.8 Å². The van der Waals surface area contributed by atoms with Crippen LogP contribution in [0.15, 0.2) is 0 Å². The quantitative estimate of drug-likeness (QED) is 0.580. The predicted molar refractivity (Wildman–Crippen MR) is 68.9 cm³/mol. The molecule has 0 heterocycles. The van der Waals surface area contributed by atoms with E-state index in [1.807, 2.05) is 0 Å². The van der Waals surface area contributed by atoms with Gasteiger partial charge in [0.25, 0.3) is 0 Å². The number of hydrogen-bond donors (Lipinski definition) is 1. The molecule has 1 N–H and O–H groups in total. The van der Waals surface area contributed by atoms with Gasteiger partial charge in [-0.15, -0.1) is 0 Å². The lowest BCUT2D eigenvalue weighted by atomic mass is 10.2. The third-order valence-electron chi connectivity index (χ3n) is 2.16. The highest BCUT2D eigenvalue weighted by Crippen LogP contribution is 2.13. The van der Waals surface area contributed by atoms with E-state index in [1.54, 1.807) is 20.8 Å². The largest absolute Gasteiger partial charge is 0.216 e. The van der Waals surface area contributed by atoms with Crippen molar-refractivity contribution in [2.75, 3.05) is 11.9 Å². The van der Waals surface area contributed by atoms with Crippen LogP contribution in [0.5, 0.6) is 0 Å². The van der Waals surface area contributed by atoms with Crippen molar-refractivity contribution < 1.29 is 8.42 Å². The van der Waals surface area contributed by atoms with Crippen LogP contribution in [0.2, 0.25) is 0 Å². The van der Waals surface area contributed by atoms with Crippen LogP contribution in [0.25, 0.3) is 0 Å². The molecular formula is C10H22BrNO2S. The van der Waals surface area contributed by atoms with Crippen LogP contribution in [0.1, 0.15) is 46.5 Å². The molecule has 0 spiro atoms. The van der Waals surface area contributed by atoms with Crippen molar-refractivity contribution in [3.05, 3.63) is 0 Å². The summed E-state index contributed by atoms with van der Waals surface area (Å²) in [4.78, 5) is 0. The summed E-state index contributed by atoms with van der Waals surface area (Å²) in [7, 11) is -3.15. The summed E-state index contributed by atoms with van der Waals surface area (Å²) in [5, 5.41) is 1.03. The van der Waals surface area contributed by atoms with Crippen LogP contribution in [0.4, 0.5) is 0 Å². The lowest BCUT2D eigenvalue weighted by Gasteiger charge is -2.19. The number of alkyl halides is 1. The Balaban J connectivity index is 3.69. The molecule has 0 aliphatic carbocycles. The Morgan fingerprint density at radius 2 is 1.60 bits per heavy atom. The van der Waals surface area contributed by atoms with Crippen LogP contribution >= 0.6 is 15.9 Å². The normalized spacial score (nSPS) is 13.1. The van der Waals surface area contributed by atoms with Gasteiger partial charge in [-0.3, -0.25) is 0 Å². The average Bonchev–Trinajstić information content (AvgIpc) is 2.09. The van der Waals surface area contributed by atoms with Crippen molar-refractivity contribution in [3.63, 3.8) is 0 Å². The van der Waals surface area contributed by atoms with Crippen molar-refractivity contribution in [2.24, 2.45) is 0 Å². The maximum Gasteiger partial charge on any atom is 0.216 e. The fourth-order valence-electron chi connectivity index (χ4n) is 0.996. The molecule has 0 aromatic rings. The maximum absolute atomic E-state index is 11.6. The first-order valence-corrected chi connectivity index (χ1v) is 7.97. The second kappa shape index (κ2) is 6.86. The molecule has 3 nitrogen and oxygen atoms in total. The number of hydrogen-bond acceptors (Lipinski definition) is 2. The predicted octanol–water partition coefficient (Wildman–Crippen LogP) is 2.66. The summed E-state index contributed by atoms with van der Waals surface area (Å²) in [5.74, 6) is 0. The molecule has 0 radical (unpaired) electrons. The number of sulfonamides is 1. The van der Waals surface area contributed by atoms with Crippen molar-refractivity contribution in [1.82, 2.24) is 4.72 Å². The van der Waals surface area contributed by atoms with Crippen molar-refractivity contribution in [1.29, 1.82) is 0 Å². The third-order valence-corrected chi connectivity index (χ3v) is 4.92. The van der Waals surface area contributed by atoms with Gasteiger partial charge in [-0.1, -0.05) is 28.8 Å². The van der Waals surface area contributed by atoms with Gasteiger partial charge in [0, 0.05) is 11.9 Å². The lowest BCUT2D eigenvalue weighted by molar-refractivity contribution is 0.540. The van der Waals surface area contributed by atoms with Crippen LogP contribution in [-0.4, -0.2) is 25.0 Å². The molecule has 0 saturated heterocycles. The molecule has 0 aliphatic rings. The number of unbranched alkanes of at least 4 members (excludes halogenated alkanes) is 3. The second-order valence-corrected chi connectivity index (χ2v) is 7.93. The van der Waals surface area contributed by atoms with Gasteiger partial charge in [0.05, 0.1) is 4.75 Å². The Labute approximate surface area is 102 Å². The van der Waals surface area contributed by atoms with E-state index in [4.69, 9.17) is 0 Å². The minimum atomic E-state index is -3.15. The first kappa shape index (κ1) is 15.4. The van der Waals surface area contributed by atoms with Crippen molar-refractivity contribution in [3.8, 4) is 0 Å². The highest BCUT2D eigenvalue weighted by atomic mass is 79.9. The minimum Gasteiger partial charge on any atom is -0.215 e. The highest BCUT2D eigenvalue weighted by molar-refractivity contribution is 9.09. The molecule has 92 valence electrons. The average molecular weight is 300 g/mol. The monoisotopic (exact) mass is 299 g/mol. The zero-order valence-electron chi connectivity index (χ0n) is 9.85. The summed E-state index contributed by atoms with van der Waals surface area (Å²) >= 11 is 3.36. The molecule has 5 heteroatoms. The van der Waals surface area contributed by atoms with E-state index in [0.29, 0.717) is 6.54 Å². The maximum atomic E-state index is 11.6. The Kier molecular flexibility index (Phi) is 7.04. The molecule has 0 bridgehead atoms. The highest BCUT2D eigenvalue weighted by Gasteiger charge is 2.27. The van der Waals surface area contributed by atoms with Gasteiger partial charge in [-0.2, -0.15) is 0 Å². The van der Waals surface area contributed by atoms with E-state index in [0.717, 1.165) is 31.0 Å². The Morgan fingerprint density at radius 3 is 2.07 bits per heavy atom. The molecule has 0 aromatic carbocycles. The fraction of sp³-hybridized carbons (Fsp3) is 1.00. The minimum absolute atomic E-state index is 0.557. The summed E-state index contributed by atoms with van der Waals surface area (Å²) in [5.41, 5.74) is 0. The van der Waals surface area contributed by atoms with E-state index >= 15 is 0 Å². The molecule has 0 rings (SSSR count). The van der Waals surface area contributed by atoms with Gasteiger partial charge >= 0.3 is 0 Å². The zero-order chi connectivity index (χ0) is 11.9. The van der Waals surface area contributed by atoms with Gasteiger partial charge in [-0.25, -0.2) is 13.1 Å². The first-order valence-electron chi connectivity index (χ1n) is 5.36. The topological polar surface area (TPSA) is 46.2 Å². The van der Waals surface area contributed by atoms with Crippen LogP contribution in [0, 0.1) is 0 Å². The van der Waals surface area contributed by atoms with E-state index in [9.17, 15) is 8.42 Å². The molecule has 0 unspecified atom stereocenters. The smallest absolute Gasteiger partial charge is 0.215 e. The van der Waals surface area contributed by atoms with E-state index in [1.165, 1.54) is 0 Å². The lowest BCUT2D eigenvalue weighted by Crippen LogP contribution is -2.39. The summed E-state index contributed by atoms with van der Waals surface area (Å²) in [6.07, 6.45) is 4.31. The number of rotatable bonds is 7. The Bertz CT molecular complexity index is 257. The van der Waals surface area contributed by atoms with Crippen molar-refractivity contribution in [2.45, 2.75) is 51.2 Å². The molecule has 0 fully saturated rings. The third kappa shape index (κ3) is 6.53. The zero-order valence-corrected chi connectivity index (χ0v) is 12.2. The fourth-order valence-corrected chi connectivity index (χ4v) is 2.24. The first-order chi connectivity index (χ1) is 6.81. The SMILES string of the molecule is CC(C)(C)S(=O)(=O)NCCCCCCBr. The summed E-state index contributed by atoms with van der Waals surface area (Å²) in [6, 6.07) is 0. The van der Waals surface area contributed by atoms with Gasteiger partial charge in [-0.05, 0) is 33.6 Å². The molecule has 0 aliphatic heterocycles. The summed E-state index contributed by atoms with van der Waals surface area (Å²) in [6.45, 7) is 5.68. The molecule has 0 saturated carbocycles. The molecular weight excluding hydrogens is 278 g/mol. The van der Waals surface area contributed by atoms with Crippen LogP contribution in [0.3, 0.4) is 0 Å². The number of halogens is 1. The molecule has 0 aromatic heterocycles. The van der Waals surface area contributed by atoms with E-state index in [-0.39, 0.29) is 0 Å². The summed E-state index contributed by atoms with van der Waals surface area (Å²) < 4.78 is 25.2. The number of nitrogens with one attached hydrogen (secondary N) is 1. The Morgan fingerprint density at radius 1 is 1.07 bits per heavy atom. The second-order valence-electron chi connectivity index (χ2n) is 4.61. The molecule has 15 heavy (non-hydrogen) atoms. The van der Waals surface area contributed by atoms with Gasteiger partial charge in [0.15, 0.2) is 0 Å². The Hall–Kier alpha value is 0.390. The molecule has 0 atom stereocenters. The standard InChI is InChI=1S/C10H22BrNO2S/c1-10(2,3)15(13,14)12-9-7-5-4-6-8-11/h12H,4-9H2,1-3H3. The van der Waals surface area contributed by atoms with E-state index in [2.05, 4.69) is 20.7 Å². The van der Waals surface area contributed by atoms with Gasteiger partial charge in [0.1, 0.15) is 0 Å². The van der Waals surface area contributed by atoms with Gasteiger partial charge in [0.2, 0.25) is 10.0 Å².